The van der Waals surface area contributed by atoms with Crippen LogP contribution in [0.1, 0.15) is 53.4 Å². The van der Waals surface area contributed by atoms with E-state index in [0.29, 0.717) is 0 Å². The number of aliphatic hydroxyl groups is 1. The van der Waals surface area contributed by atoms with Gasteiger partial charge in [-0.3, -0.25) is 0 Å². The number of aliphatic hydroxyl groups excluding tert-OH is 1. The lowest BCUT2D eigenvalue weighted by Crippen LogP contribution is -2.44. The van der Waals surface area contributed by atoms with E-state index in [1.165, 1.54) is 25.7 Å². The first-order valence-corrected chi connectivity index (χ1v) is 6.71. The van der Waals surface area contributed by atoms with Crippen molar-refractivity contribution < 1.29 is 5.11 Å². The Hall–Kier alpha value is -0.0800. The molecule has 1 unspecified atom stereocenters. The van der Waals surface area contributed by atoms with Crippen molar-refractivity contribution >= 4 is 0 Å². The van der Waals surface area contributed by atoms with Crippen molar-refractivity contribution in [3.63, 3.8) is 0 Å². The lowest BCUT2D eigenvalue weighted by molar-refractivity contribution is 0.0236. The van der Waals surface area contributed by atoms with Crippen LogP contribution in [0.5, 0.6) is 0 Å². The van der Waals surface area contributed by atoms with Gasteiger partial charge in [-0.25, -0.2) is 0 Å². The van der Waals surface area contributed by atoms with Gasteiger partial charge in [-0.2, -0.15) is 0 Å². The van der Waals surface area contributed by atoms with Crippen molar-refractivity contribution in [2.45, 2.75) is 65.5 Å². The first-order chi connectivity index (χ1) is 7.33. The lowest BCUT2D eigenvalue weighted by atomic mass is 9.83. The van der Waals surface area contributed by atoms with E-state index in [4.69, 9.17) is 0 Å². The third kappa shape index (κ3) is 3.74. The molecule has 0 radical (unpaired) electrons. The van der Waals surface area contributed by atoms with E-state index >= 15 is 0 Å². The van der Waals surface area contributed by atoms with E-state index in [1.54, 1.807) is 0 Å². The van der Waals surface area contributed by atoms with E-state index in [9.17, 15) is 5.11 Å². The van der Waals surface area contributed by atoms with Gasteiger partial charge in [-0.1, -0.05) is 20.8 Å². The zero-order chi connectivity index (χ0) is 12.3. The molecule has 1 atom stereocenters. The molecule has 0 aromatic rings. The third-order valence-electron chi connectivity index (χ3n) is 4.40. The fourth-order valence-electron chi connectivity index (χ4n) is 2.59. The van der Waals surface area contributed by atoms with Gasteiger partial charge in [0.25, 0.3) is 0 Å². The van der Waals surface area contributed by atoms with Crippen LogP contribution in [-0.4, -0.2) is 35.7 Å². The number of hydrogen-bond acceptors (Lipinski definition) is 2. The van der Waals surface area contributed by atoms with Crippen LogP contribution < -0.4 is 0 Å². The fourth-order valence-corrected chi connectivity index (χ4v) is 2.59. The largest absolute Gasteiger partial charge is 0.393 e. The van der Waals surface area contributed by atoms with Gasteiger partial charge < -0.3 is 10.0 Å². The molecule has 0 bridgehead atoms. The second-order valence-electron chi connectivity index (χ2n) is 6.49. The predicted octanol–water partition coefficient (Wildman–Crippen LogP) is 2.90. The van der Waals surface area contributed by atoms with E-state index < -0.39 is 0 Å². The molecular formula is C14H29NO. The summed E-state index contributed by atoms with van der Waals surface area (Å²) in [5.74, 6) is 0.912. The molecule has 1 aliphatic rings. The minimum absolute atomic E-state index is 0.00217. The normalized spacial score (nSPS) is 29.4. The Bertz CT molecular complexity index is 205. The molecule has 1 N–H and O–H groups in total. The van der Waals surface area contributed by atoms with E-state index in [1.807, 2.05) is 6.92 Å². The Morgan fingerprint density at radius 1 is 1.25 bits per heavy atom. The standard InChI is InChI=1S/C14H29NO/c1-11-6-8-13(9-7-11)15(5)10-14(3,4)12(2)16/h11-13,16H,6-10H2,1-5H3. The zero-order valence-electron chi connectivity index (χ0n) is 11.7. The van der Waals surface area contributed by atoms with Crippen molar-refractivity contribution in [3.8, 4) is 0 Å². The van der Waals surface area contributed by atoms with Gasteiger partial charge in [0.05, 0.1) is 6.10 Å². The van der Waals surface area contributed by atoms with Crippen LogP contribution in [0, 0.1) is 11.3 Å². The van der Waals surface area contributed by atoms with Crippen LogP contribution in [0.2, 0.25) is 0 Å². The average molecular weight is 227 g/mol. The maximum Gasteiger partial charge on any atom is 0.0575 e. The van der Waals surface area contributed by atoms with Gasteiger partial charge in [0, 0.05) is 18.0 Å². The molecule has 2 heteroatoms. The first kappa shape index (κ1) is 14.0. The van der Waals surface area contributed by atoms with Crippen LogP contribution in [0.25, 0.3) is 0 Å². The molecule has 0 aromatic carbocycles. The summed E-state index contributed by atoms with van der Waals surface area (Å²) in [6.07, 6.45) is 5.15. The Morgan fingerprint density at radius 2 is 1.75 bits per heavy atom. The molecule has 1 rings (SSSR count). The summed E-state index contributed by atoms with van der Waals surface area (Å²) >= 11 is 0. The highest BCUT2D eigenvalue weighted by Crippen LogP contribution is 2.29. The maximum atomic E-state index is 9.74. The summed E-state index contributed by atoms with van der Waals surface area (Å²) in [7, 11) is 2.21. The fraction of sp³-hybridized carbons (Fsp3) is 1.00. The number of rotatable bonds is 4. The van der Waals surface area contributed by atoms with Crippen LogP contribution in [0.15, 0.2) is 0 Å². The van der Waals surface area contributed by atoms with Crippen LogP contribution >= 0.6 is 0 Å². The molecular weight excluding hydrogens is 198 g/mol. The van der Waals surface area contributed by atoms with Crippen LogP contribution in [0.4, 0.5) is 0 Å². The van der Waals surface area contributed by atoms with Crippen molar-refractivity contribution in [3.05, 3.63) is 0 Å². The van der Waals surface area contributed by atoms with Gasteiger partial charge in [-0.05, 0) is 45.6 Å². The van der Waals surface area contributed by atoms with Crippen molar-refractivity contribution in [1.82, 2.24) is 4.90 Å². The topological polar surface area (TPSA) is 23.5 Å². The Kier molecular flexibility index (Phi) is 4.81. The average Bonchev–Trinajstić information content (AvgIpc) is 2.17. The molecule has 1 saturated carbocycles. The van der Waals surface area contributed by atoms with Crippen LogP contribution in [0.3, 0.4) is 0 Å². The van der Waals surface area contributed by atoms with E-state index in [-0.39, 0.29) is 11.5 Å². The molecule has 0 aromatic heterocycles. The van der Waals surface area contributed by atoms with Gasteiger partial charge in [0.1, 0.15) is 0 Å². The summed E-state index contributed by atoms with van der Waals surface area (Å²) in [6, 6.07) is 0.731. The molecule has 96 valence electrons. The van der Waals surface area contributed by atoms with E-state index in [0.717, 1.165) is 18.5 Å². The molecule has 1 fully saturated rings. The summed E-state index contributed by atoms with van der Waals surface area (Å²) < 4.78 is 0. The van der Waals surface area contributed by atoms with Gasteiger partial charge in [0.15, 0.2) is 0 Å². The number of hydrogen-bond donors (Lipinski definition) is 1. The molecule has 0 saturated heterocycles. The summed E-state index contributed by atoms with van der Waals surface area (Å²) in [6.45, 7) is 9.55. The van der Waals surface area contributed by atoms with Crippen LogP contribution in [-0.2, 0) is 0 Å². The summed E-state index contributed by atoms with van der Waals surface area (Å²) in [5.41, 5.74) is -0.00217. The Labute approximate surface area is 101 Å². The monoisotopic (exact) mass is 227 g/mol. The highest BCUT2D eigenvalue weighted by molar-refractivity contribution is 4.83. The van der Waals surface area contributed by atoms with E-state index in [2.05, 4.69) is 32.7 Å². The third-order valence-corrected chi connectivity index (χ3v) is 4.40. The number of nitrogens with zero attached hydrogens (tertiary/aromatic N) is 1. The molecule has 1 aliphatic carbocycles. The Balaban J connectivity index is 2.43. The molecule has 16 heavy (non-hydrogen) atoms. The molecule has 2 nitrogen and oxygen atoms in total. The second kappa shape index (κ2) is 5.50. The van der Waals surface area contributed by atoms with Crippen molar-refractivity contribution in [2.24, 2.45) is 11.3 Å². The first-order valence-electron chi connectivity index (χ1n) is 6.71. The van der Waals surface area contributed by atoms with Gasteiger partial charge in [-0.15, -0.1) is 0 Å². The van der Waals surface area contributed by atoms with Gasteiger partial charge in [0.2, 0.25) is 0 Å². The smallest absolute Gasteiger partial charge is 0.0575 e. The predicted molar refractivity (Wildman–Crippen MR) is 69.5 cm³/mol. The van der Waals surface area contributed by atoms with Gasteiger partial charge >= 0.3 is 0 Å². The highest BCUT2D eigenvalue weighted by Gasteiger charge is 2.29. The molecule has 0 aliphatic heterocycles. The molecule has 0 spiro atoms. The molecule has 0 amide bonds. The highest BCUT2D eigenvalue weighted by atomic mass is 16.3. The van der Waals surface area contributed by atoms with Crippen molar-refractivity contribution in [2.75, 3.05) is 13.6 Å². The maximum absolute atomic E-state index is 9.74. The van der Waals surface area contributed by atoms with Crippen molar-refractivity contribution in [1.29, 1.82) is 0 Å². The summed E-state index contributed by atoms with van der Waals surface area (Å²) in [5, 5.41) is 9.74. The SMILES string of the molecule is CC1CCC(N(C)CC(C)(C)C(C)O)CC1. The quantitative estimate of drug-likeness (QED) is 0.798. The molecule has 0 heterocycles. The Morgan fingerprint density at radius 3 is 2.19 bits per heavy atom. The zero-order valence-corrected chi connectivity index (χ0v) is 11.7. The summed E-state index contributed by atoms with van der Waals surface area (Å²) in [4.78, 5) is 2.46. The second-order valence-corrected chi connectivity index (χ2v) is 6.49. The minimum atomic E-state index is -0.238. The minimum Gasteiger partial charge on any atom is -0.393 e. The lowest BCUT2D eigenvalue weighted by Gasteiger charge is -2.39.